The first-order chi connectivity index (χ1) is 7.27. The Morgan fingerprint density at radius 1 is 1.60 bits per heavy atom. The highest BCUT2D eigenvalue weighted by Crippen LogP contribution is 1.98. The maximum Gasteiger partial charge on any atom is 0.172 e. The fourth-order valence-corrected chi connectivity index (χ4v) is 0.959. The quantitative estimate of drug-likeness (QED) is 0.406. The average Bonchev–Trinajstić information content (AvgIpc) is 2.31. The van der Waals surface area contributed by atoms with Crippen molar-refractivity contribution in [1.29, 1.82) is 0 Å². The van der Waals surface area contributed by atoms with Crippen molar-refractivity contribution >= 4 is 12.1 Å². The molecule has 0 fully saturated rings. The number of hydrogen-bond acceptors (Lipinski definition) is 2. The first-order valence-electron chi connectivity index (χ1n) is 4.66. The van der Waals surface area contributed by atoms with Gasteiger partial charge in [0.25, 0.3) is 0 Å². The maximum atomic E-state index is 5.24. The summed E-state index contributed by atoms with van der Waals surface area (Å²) in [5.74, 6) is 3.17. The molecule has 0 amide bonds. The number of amidine groups is 1. The van der Waals surface area contributed by atoms with Gasteiger partial charge in [0.2, 0.25) is 0 Å². The van der Waals surface area contributed by atoms with Gasteiger partial charge in [-0.05, 0) is 19.1 Å². The summed E-state index contributed by atoms with van der Waals surface area (Å²) < 4.78 is 0. The van der Waals surface area contributed by atoms with E-state index < -0.39 is 0 Å². The minimum Gasteiger partial charge on any atom is -0.268 e. The third-order valence-electron chi connectivity index (χ3n) is 1.79. The predicted molar refractivity (Wildman–Crippen MR) is 63.2 cm³/mol. The van der Waals surface area contributed by atoms with Crippen molar-refractivity contribution < 1.29 is 0 Å². The van der Waals surface area contributed by atoms with Crippen molar-refractivity contribution in [2.24, 2.45) is 15.9 Å². The second-order valence-corrected chi connectivity index (χ2v) is 3.00. The predicted octanol–water partition coefficient (Wildman–Crippen LogP) is 1.80. The molecule has 0 spiro atoms. The van der Waals surface area contributed by atoms with Crippen LogP contribution in [-0.2, 0) is 0 Å². The van der Waals surface area contributed by atoms with Crippen LogP contribution in [-0.4, -0.2) is 24.1 Å². The molecule has 1 unspecified atom stereocenters. The van der Waals surface area contributed by atoms with E-state index in [1.54, 1.807) is 19.5 Å². The van der Waals surface area contributed by atoms with Gasteiger partial charge in [0.15, 0.2) is 5.84 Å². The highest BCUT2D eigenvalue weighted by Gasteiger charge is 2.00. The van der Waals surface area contributed by atoms with Gasteiger partial charge < -0.3 is 0 Å². The van der Waals surface area contributed by atoms with E-state index in [1.165, 1.54) is 0 Å². The average molecular weight is 199 g/mol. The van der Waals surface area contributed by atoms with Gasteiger partial charge in [-0.1, -0.05) is 12.0 Å². The van der Waals surface area contributed by atoms with E-state index in [0.29, 0.717) is 5.84 Å². The zero-order chi connectivity index (χ0) is 11.1. The van der Waals surface area contributed by atoms with E-state index >= 15 is 0 Å². The Morgan fingerprint density at radius 2 is 2.40 bits per heavy atom. The zero-order valence-corrected chi connectivity index (χ0v) is 8.88. The smallest absolute Gasteiger partial charge is 0.172 e. The fourth-order valence-electron chi connectivity index (χ4n) is 0.959. The maximum absolute atomic E-state index is 5.24. The lowest BCUT2D eigenvalue weighted by Gasteiger charge is -1.98. The molecule has 0 aromatic carbocycles. The second-order valence-electron chi connectivity index (χ2n) is 3.00. The Kier molecular flexibility index (Phi) is 4.24. The number of aromatic nitrogens is 1. The lowest BCUT2D eigenvalue weighted by atomic mass is 10.2. The standard InChI is InChI=1S/C12H13N3/c1-4-10(2)9-15-12(13-3)11-7-5-6-8-14-11/h1,5-10H,2-3H3. The van der Waals surface area contributed by atoms with Gasteiger partial charge >= 0.3 is 0 Å². The molecule has 0 saturated carbocycles. The molecule has 0 saturated heterocycles. The number of nitrogens with zero attached hydrogens (tertiary/aromatic N) is 3. The third-order valence-corrected chi connectivity index (χ3v) is 1.79. The van der Waals surface area contributed by atoms with E-state index in [2.05, 4.69) is 20.9 Å². The van der Waals surface area contributed by atoms with Crippen molar-refractivity contribution in [1.82, 2.24) is 4.98 Å². The SMILES string of the molecule is C#CC(C)C=NC(=NC)c1ccccn1. The Balaban J connectivity index is 2.85. The minimum atomic E-state index is 0.00506. The van der Waals surface area contributed by atoms with Gasteiger partial charge in [-0.25, -0.2) is 4.99 Å². The molecule has 15 heavy (non-hydrogen) atoms. The number of rotatable bonds is 2. The Bertz CT molecular complexity index is 399. The van der Waals surface area contributed by atoms with Crippen LogP contribution in [0.3, 0.4) is 0 Å². The lowest BCUT2D eigenvalue weighted by Crippen LogP contribution is -2.02. The number of pyridine rings is 1. The molecule has 1 heterocycles. The lowest BCUT2D eigenvalue weighted by molar-refractivity contribution is 1.07. The highest BCUT2D eigenvalue weighted by atomic mass is 14.9. The van der Waals surface area contributed by atoms with Gasteiger partial charge in [-0.3, -0.25) is 9.98 Å². The van der Waals surface area contributed by atoms with Crippen LogP contribution in [0.5, 0.6) is 0 Å². The summed E-state index contributed by atoms with van der Waals surface area (Å²) in [4.78, 5) is 12.4. The molecule has 3 heteroatoms. The van der Waals surface area contributed by atoms with Crippen LogP contribution in [0.15, 0.2) is 34.4 Å². The molecule has 0 aliphatic heterocycles. The number of aliphatic imine (C=N–C) groups is 2. The Morgan fingerprint density at radius 3 is 2.93 bits per heavy atom. The molecule has 1 rings (SSSR count). The van der Waals surface area contributed by atoms with Crippen LogP contribution >= 0.6 is 0 Å². The summed E-state index contributed by atoms with van der Waals surface area (Å²) in [5, 5.41) is 0. The first-order valence-corrected chi connectivity index (χ1v) is 4.66. The molecular formula is C12H13N3. The van der Waals surface area contributed by atoms with Gasteiger partial charge in [-0.15, -0.1) is 6.42 Å². The van der Waals surface area contributed by atoms with Gasteiger partial charge in [0, 0.05) is 19.5 Å². The molecule has 0 bridgehead atoms. The van der Waals surface area contributed by atoms with E-state index in [9.17, 15) is 0 Å². The highest BCUT2D eigenvalue weighted by molar-refractivity contribution is 6.01. The topological polar surface area (TPSA) is 37.6 Å². The van der Waals surface area contributed by atoms with E-state index in [4.69, 9.17) is 6.42 Å². The summed E-state index contributed by atoms with van der Waals surface area (Å²) in [6.45, 7) is 1.90. The van der Waals surface area contributed by atoms with Crippen molar-refractivity contribution in [3.63, 3.8) is 0 Å². The monoisotopic (exact) mass is 199 g/mol. The van der Waals surface area contributed by atoms with Gasteiger partial charge in [-0.2, -0.15) is 0 Å². The van der Waals surface area contributed by atoms with Gasteiger partial charge in [0.05, 0.1) is 5.92 Å². The van der Waals surface area contributed by atoms with Crippen molar-refractivity contribution in [2.75, 3.05) is 7.05 Å². The first kappa shape index (κ1) is 11.1. The molecule has 0 N–H and O–H groups in total. The fraction of sp³-hybridized carbons (Fsp3) is 0.250. The molecule has 1 aromatic rings. The number of hydrogen-bond donors (Lipinski definition) is 0. The van der Waals surface area contributed by atoms with Crippen LogP contribution in [0, 0.1) is 18.3 Å². The normalized spacial score (nSPS) is 13.8. The van der Waals surface area contributed by atoms with Crippen molar-refractivity contribution in [3.8, 4) is 12.3 Å². The van der Waals surface area contributed by atoms with Crippen LogP contribution in [0.4, 0.5) is 0 Å². The molecular weight excluding hydrogens is 186 g/mol. The molecule has 76 valence electrons. The van der Waals surface area contributed by atoms with Crippen LogP contribution in [0.2, 0.25) is 0 Å². The molecule has 3 nitrogen and oxygen atoms in total. The number of terminal acetylenes is 1. The minimum absolute atomic E-state index is 0.00506. The Hall–Kier alpha value is -1.95. The van der Waals surface area contributed by atoms with E-state index in [-0.39, 0.29) is 5.92 Å². The summed E-state index contributed by atoms with van der Waals surface area (Å²) in [6.07, 6.45) is 8.64. The largest absolute Gasteiger partial charge is 0.268 e. The third kappa shape index (κ3) is 3.35. The Labute approximate surface area is 90.0 Å². The molecule has 1 aromatic heterocycles. The van der Waals surface area contributed by atoms with Gasteiger partial charge in [0.1, 0.15) is 5.69 Å². The second kappa shape index (κ2) is 5.71. The van der Waals surface area contributed by atoms with Crippen LogP contribution in [0.25, 0.3) is 0 Å². The van der Waals surface area contributed by atoms with Crippen molar-refractivity contribution in [2.45, 2.75) is 6.92 Å². The van der Waals surface area contributed by atoms with E-state index in [0.717, 1.165) is 5.69 Å². The summed E-state index contributed by atoms with van der Waals surface area (Å²) in [5.41, 5.74) is 0.750. The molecule has 0 aliphatic carbocycles. The zero-order valence-electron chi connectivity index (χ0n) is 8.88. The van der Waals surface area contributed by atoms with E-state index in [1.807, 2.05) is 25.1 Å². The molecule has 0 radical (unpaired) electrons. The van der Waals surface area contributed by atoms with Crippen molar-refractivity contribution in [3.05, 3.63) is 30.1 Å². The summed E-state index contributed by atoms with van der Waals surface area (Å²) in [6, 6.07) is 5.61. The molecule has 0 aliphatic rings. The summed E-state index contributed by atoms with van der Waals surface area (Å²) in [7, 11) is 1.68. The van der Waals surface area contributed by atoms with Crippen LogP contribution in [0.1, 0.15) is 12.6 Å². The molecule has 1 atom stereocenters. The summed E-state index contributed by atoms with van der Waals surface area (Å²) >= 11 is 0. The van der Waals surface area contributed by atoms with Crippen LogP contribution < -0.4 is 0 Å².